The number of imidazole rings is 1. The molecule has 1 aromatic carbocycles. The van der Waals surface area contributed by atoms with E-state index in [1.54, 1.807) is 31.2 Å². The van der Waals surface area contributed by atoms with Crippen LogP contribution >= 0.6 is 15.9 Å². The van der Waals surface area contributed by atoms with Gasteiger partial charge in [0.15, 0.2) is 0 Å². The molecule has 0 fully saturated rings. The lowest BCUT2D eigenvalue weighted by Crippen LogP contribution is -2.42. The number of aromatic nitrogens is 4. The summed E-state index contributed by atoms with van der Waals surface area (Å²) in [4.78, 5) is 42.2. The Kier molecular flexibility index (Phi) is 5.06. The highest BCUT2D eigenvalue weighted by Gasteiger charge is 2.14. The van der Waals surface area contributed by atoms with Crippen molar-refractivity contribution in [3.8, 4) is 0 Å². The van der Waals surface area contributed by atoms with Crippen molar-refractivity contribution in [3.63, 3.8) is 0 Å². The van der Waals surface area contributed by atoms with Crippen LogP contribution in [0.2, 0.25) is 0 Å². The maximum Gasteiger partial charge on any atom is 0.331 e. The fourth-order valence-corrected chi connectivity index (χ4v) is 3.65. The second-order valence-corrected chi connectivity index (χ2v) is 7.47. The Balaban J connectivity index is 1.58. The number of para-hydroxylation sites is 1. The Morgan fingerprint density at radius 1 is 1.10 bits per heavy atom. The van der Waals surface area contributed by atoms with E-state index in [4.69, 9.17) is 0 Å². The molecule has 0 aliphatic rings. The van der Waals surface area contributed by atoms with Crippen LogP contribution in [0, 0.1) is 0 Å². The molecule has 0 aliphatic carbocycles. The van der Waals surface area contributed by atoms with E-state index in [2.05, 4.69) is 26.2 Å². The Hall–Kier alpha value is -3.20. The van der Waals surface area contributed by atoms with E-state index >= 15 is 0 Å². The third-order valence-electron chi connectivity index (χ3n) is 4.68. The van der Waals surface area contributed by atoms with Crippen molar-refractivity contribution in [3.05, 3.63) is 79.8 Å². The number of nitrogens with one attached hydrogen (secondary N) is 1. The summed E-state index contributed by atoms with van der Waals surface area (Å²) in [5.74, 6) is -0.336. The van der Waals surface area contributed by atoms with Crippen molar-refractivity contribution in [2.75, 3.05) is 0 Å². The van der Waals surface area contributed by atoms with Crippen molar-refractivity contribution in [1.29, 1.82) is 0 Å². The molecule has 9 heteroatoms. The SMILES string of the molecule is CCn1c(=O)c2ccccc2n(CC(=O)NCc2cn3cc(Br)ccc3n2)c1=O. The predicted molar refractivity (Wildman–Crippen MR) is 113 cm³/mol. The van der Waals surface area contributed by atoms with E-state index in [0.29, 0.717) is 16.6 Å². The molecule has 1 N–H and O–H groups in total. The third kappa shape index (κ3) is 3.61. The third-order valence-corrected chi connectivity index (χ3v) is 5.15. The number of carbonyl (C=O) groups excluding carboxylic acids is 1. The van der Waals surface area contributed by atoms with Crippen molar-refractivity contribution in [2.45, 2.75) is 26.6 Å². The van der Waals surface area contributed by atoms with Gasteiger partial charge in [0, 0.05) is 23.4 Å². The van der Waals surface area contributed by atoms with Crippen LogP contribution in [0.1, 0.15) is 12.6 Å². The Morgan fingerprint density at radius 3 is 2.69 bits per heavy atom. The number of rotatable bonds is 5. The first-order valence-corrected chi connectivity index (χ1v) is 9.89. The van der Waals surface area contributed by atoms with E-state index in [1.165, 1.54) is 4.57 Å². The molecule has 8 nitrogen and oxygen atoms in total. The number of nitrogens with zero attached hydrogens (tertiary/aromatic N) is 4. The summed E-state index contributed by atoms with van der Waals surface area (Å²) >= 11 is 3.41. The average Bonchev–Trinajstić information content (AvgIpc) is 3.12. The fraction of sp³-hybridized carbons (Fsp3) is 0.200. The van der Waals surface area contributed by atoms with Crippen molar-refractivity contribution >= 4 is 38.4 Å². The van der Waals surface area contributed by atoms with Crippen LogP contribution in [-0.4, -0.2) is 24.4 Å². The van der Waals surface area contributed by atoms with Gasteiger partial charge in [0.05, 0.1) is 23.1 Å². The average molecular weight is 456 g/mol. The molecule has 0 bridgehead atoms. The van der Waals surface area contributed by atoms with Crippen LogP contribution in [0.5, 0.6) is 0 Å². The van der Waals surface area contributed by atoms with Gasteiger partial charge in [-0.05, 0) is 47.1 Å². The second kappa shape index (κ2) is 7.67. The fourth-order valence-electron chi connectivity index (χ4n) is 3.29. The molecule has 1 amide bonds. The maximum atomic E-state index is 12.7. The summed E-state index contributed by atoms with van der Waals surface area (Å²) < 4.78 is 5.25. The van der Waals surface area contributed by atoms with Gasteiger partial charge in [0.25, 0.3) is 5.56 Å². The van der Waals surface area contributed by atoms with Gasteiger partial charge in [-0.1, -0.05) is 12.1 Å². The minimum atomic E-state index is -0.496. The predicted octanol–water partition coefficient (Wildman–Crippen LogP) is 1.91. The Labute approximate surface area is 173 Å². The first-order valence-electron chi connectivity index (χ1n) is 9.10. The normalized spacial score (nSPS) is 11.2. The summed E-state index contributed by atoms with van der Waals surface area (Å²) in [6.07, 6.45) is 3.71. The number of hydrogen-bond acceptors (Lipinski definition) is 4. The highest BCUT2D eigenvalue weighted by Crippen LogP contribution is 2.12. The van der Waals surface area contributed by atoms with Crippen molar-refractivity contribution < 1.29 is 4.79 Å². The van der Waals surface area contributed by atoms with Gasteiger partial charge < -0.3 is 9.72 Å². The zero-order valence-electron chi connectivity index (χ0n) is 15.6. The van der Waals surface area contributed by atoms with E-state index in [9.17, 15) is 14.4 Å². The Bertz CT molecular complexity index is 1350. The molecule has 4 rings (SSSR count). The second-order valence-electron chi connectivity index (χ2n) is 6.56. The molecule has 29 heavy (non-hydrogen) atoms. The minimum Gasteiger partial charge on any atom is -0.349 e. The molecule has 0 radical (unpaired) electrons. The van der Waals surface area contributed by atoms with Gasteiger partial charge in [-0.2, -0.15) is 0 Å². The molecule has 3 heterocycles. The Morgan fingerprint density at radius 2 is 1.90 bits per heavy atom. The molecular formula is C20H18BrN5O3. The number of amides is 1. The van der Waals surface area contributed by atoms with Gasteiger partial charge in [0.1, 0.15) is 12.2 Å². The zero-order chi connectivity index (χ0) is 20.5. The molecule has 0 saturated carbocycles. The van der Waals surface area contributed by atoms with Gasteiger partial charge in [-0.25, -0.2) is 9.78 Å². The van der Waals surface area contributed by atoms with Crippen LogP contribution in [0.4, 0.5) is 0 Å². The number of fused-ring (bicyclic) bond motifs is 2. The summed E-state index contributed by atoms with van der Waals surface area (Å²) in [7, 11) is 0. The molecule has 3 aromatic heterocycles. The number of carbonyl (C=O) groups is 1. The van der Waals surface area contributed by atoms with Gasteiger partial charge in [-0.3, -0.25) is 18.7 Å². The highest BCUT2D eigenvalue weighted by molar-refractivity contribution is 9.10. The topological polar surface area (TPSA) is 90.4 Å². The van der Waals surface area contributed by atoms with E-state index in [-0.39, 0.29) is 31.1 Å². The van der Waals surface area contributed by atoms with Gasteiger partial charge >= 0.3 is 5.69 Å². The van der Waals surface area contributed by atoms with Crippen LogP contribution in [0.15, 0.2) is 62.9 Å². The van der Waals surface area contributed by atoms with Crippen molar-refractivity contribution in [2.24, 2.45) is 0 Å². The van der Waals surface area contributed by atoms with E-state index in [0.717, 1.165) is 14.7 Å². The minimum absolute atomic E-state index is 0.182. The number of hydrogen-bond donors (Lipinski definition) is 1. The van der Waals surface area contributed by atoms with Crippen LogP contribution in [-0.2, 0) is 24.4 Å². The first kappa shape index (κ1) is 19.1. The molecule has 0 spiro atoms. The monoisotopic (exact) mass is 455 g/mol. The van der Waals surface area contributed by atoms with Gasteiger partial charge in [-0.15, -0.1) is 0 Å². The molecule has 0 atom stereocenters. The lowest BCUT2D eigenvalue weighted by Gasteiger charge is -2.13. The maximum absolute atomic E-state index is 12.7. The quantitative estimate of drug-likeness (QED) is 0.497. The van der Waals surface area contributed by atoms with Crippen LogP contribution in [0.25, 0.3) is 16.6 Å². The standard InChI is InChI=1S/C20H18BrN5O3/c1-2-25-19(28)15-5-3-4-6-16(15)26(20(25)29)12-18(27)22-9-14-11-24-10-13(21)7-8-17(24)23-14/h3-8,10-11H,2,9,12H2,1H3,(H,22,27). The smallest absolute Gasteiger partial charge is 0.331 e. The summed E-state index contributed by atoms with van der Waals surface area (Å²) in [6, 6.07) is 10.6. The first-order chi connectivity index (χ1) is 14.0. The number of benzene rings is 1. The molecule has 4 aromatic rings. The summed E-state index contributed by atoms with van der Waals surface area (Å²) in [5, 5.41) is 3.20. The lowest BCUT2D eigenvalue weighted by molar-refractivity contribution is -0.121. The van der Waals surface area contributed by atoms with E-state index in [1.807, 2.05) is 28.9 Å². The summed E-state index contributed by atoms with van der Waals surface area (Å²) in [6.45, 7) is 2.02. The molecule has 0 aliphatic heterocycles. The molecule has 148 valence electrons. The van der Waals surface area contributed by atoms with Crippen LogP contribution in [0.3, 0.4) is 0 Å². The summed E-state index contributed by atoms with van der Waals surface area (Å²) in [5.41, 5.74) is 1.08. The largest absolute Gasteiger partial charge is 0.349 e. The number of pyridine rings is 1. The van der Waals surface area contributed by atoms with Crippen molar-refractivity contribution in [1.82, 2.24) is 23.8 Å². The number of halogens is 1. The molecule has 0 saturated heterocycles. The van der Waals surface area contributed by atoms with Crippen LogP contribution < -0.4 is 16.6 Å². The highest BCUT2D eigenvalue weighted by atomic mass is 79.9. The van der Waals surface area contributed by atoms with E-state index < -0.39 is 5.69 Å². The lowest BCUT2D eigenvalue weighted by atomic mass is 10.2. The van der Waals surface area contributed by atoms with Gasteiger partial charge in [0.2, 0.25) is 5.91 Å². The molecular weight excluding hydrogens is 438 g/mol. The zero-order valence-corrected chi connectivity index (χ0v) is 17.2. The molecule has 0 unspecified atom stereocenters.